The second kappa shape index (κ2) is 4.79. The highest BCUT2D eigenvalue weighted by molar-refractivity contribution is 14.1. The molecule has 4 heteroatoms. The summed E-state index contributed by atoms with van der Waals surface area (Å²) in [6, 6.07) is 4.67. The van der Waals surface area contributed by atoms with Crippen molar-refractivity contribution in [2.45, 2.75) is 31.7 Å². The molecule has 0 aromatic heterocycles. The highest BCUT2D eigenvalue weighted by Gasteiger charge is 2.42. The Balaban J connectivity index is 1.73. The van der Waals surface area contributed by atoms with Crippen LogP contribution < -0.4 is 5.32 Å². The van der Waals surface area contributed by atoms with Gasteiger partial charge < -0.3 is 5.32 Å². The van der Waals surface area contributed by atoms with E-state index in [1.807, 2.05) is 22.6 Å². The fourth-order valence-corrected chi connectivity index (χ4v) is 3.16. The van der Waals surface area contributed by atoms with E-state index in [0.29, 0.717) is 27.0 Å². The number of carbonyl (C=O) groups is 1. The van der Waals surface area contributed by atoms with Crippen molar-refractivity contribution < 1.29 is 9.18 Å². The van der Waals surface area contributed by atoms with Crippen molar-refractivity contribution in [3.8, 4) is 0 Å². The molecule has 1 aromatic rings. The first-order valence-corrected chi connectivity index (χ1v) is 7.49. The third-order valence-corrected chi connectivity index (χ3v) is 4.63. The van der Waals surface area contributed by atoms with Gasteiger partial charge in [-0.15, -0.1) is 0 Å². The average molecular weight is 359 g/mol. The summed E-state index contributed by atoms with van der Waals surface area (Å²) in [5, 5.41) is 3.15. The van der Waals surface area contributed by atoms with E-state index in [0.717, 1.165) is 0 Å². The van der Waals surface area contributed by atoms with Crippen LogP contribution in [0.5, 0.6) is 0 Å². The van der Waals surface area contributed by atoms with Crippen molar-refractivity contribution in [1.29, 1.82) is 0 Å². The molecule has 0 heterocycles. The van der Waals surface area contributed by atoms with Crippen molar-refractivity contribution in [3.05, 3.63) is 33.1 Å². The van der Waals surface area contributed by atoms with Gasteiger partial charge in [0.05, 0.1) is 5.56 Å². The number of benzene rings is 1. The summed E-state index contributed by atoms with van der Waals surface area (Å²) >= 11 is 2.01. The molecule has 1 amide bonds. The number of halogens is 2. The molecule has 3 rings (SSSR count). The fourth-order valence-electron chi connectivity index (χ4n) is 2.43. The third-order valence-electron chi connectivity index (χ3n) is 3.73. The molecule has 0 unspecified atom stereocenters. The van der Waals surface area contributed by atoms with Crippen LogP contribution in [0.3, 0.4) is 0 Å². The minimum absolute atomic E-state index is 0.0526. The van der Waals surface area contributed by atoms with Gasteiger partial charge >= 0.3 is 0 Å². The third kappa shape index (κ3) is 2.68. The van der Waals surface area contributed by atoms with Crippen LogP contribution in [-0.4, -0.2) is 11.9 Å². The summed E-state index contributed by atoms with van der Waals surface area (Å²) in [5.41, 5.74) is 0.586. The predicted octanol–water partition coefficient (Wildman–Crippen LogP) is 3.35. The molecule has 2 fully saturated rings. The highest BCUT2D eigenvalue weighted by Crippen LogP contribution is 2.44. The molecular weight excluding hydrogens is 344 g/mol. The number of rotatable bonds is 4. The molecule has 0 atom stereocenters. The lowest BCUT2D eigenvalue weighted by Gasteiger charge is -2.18. The first-order valence-electron chi connectivity index (χ1n) is 6.41. The zero-order valence-electron chi connectivity index (χ0n) is 9.96. The van der Waals surface area contributed by atoms with E-state index >= 15 is 0 Å². The second-order valence-corrected chi connectivity index (χ2v) is 6.46. The van der Waals surface area contributed by atoms with Crippen LogP contribution >= 0.6 is 22.6 Å². The van der Waals surface area contributed by atoms with Gasteiger partial charge in [0.15, 0.2) is 0 Å². The molecule has 18 heavy (non-hydrogen) atoms. The molecule has 0 bridgehead atoms. The Morgan fingerprint density at radius 3 is 2.39 bits per heavy atom. The van der Waals surface area contributed by atoms with E-state index in [2.05, 4.69) is 5.32 Å². The Hall–Kier alpha value is -0.650. The monoisotopic (exact) mass is 359 g/mol. The summed E-state index contributed by atoms with van der Waals surface area (Å²) in [6.45, 7) is 0. The predicted molar refractivity (Wildman–Crippen MR) is 75.8 cm³/mol. The lowest BCUT2D eigenvalue weighted by Crippen LogP contribution is -2.38. The summed E-state index contributed by atoms with van der Waals surface area (Å²) in [6.07, 6.45) is 4.95. The number of amides is 1. The smallest absolute Gasteiger partial charge is 0.252 e. The summed E-state index contributed by atoms with van der Waals surface area (Å²) < 4.78 is 13.7. The first-order chi connectivity index (χ1) is 8.65. The van der Waals surface area contributed by atoms with E-state index in [1.165, 1.54) is 37.8 Å². The van der Waals surface area contributed by atoms with Crippen molar-refractivity contribution in [2.24, 2.45) is 11.8 Å². The maximum Gasteiger partial charge on any atom is 0.252 e. The molecular formula is C14H15FINO. The van der Waals surface area contributed by atoms with Gasteiger partial charge in [0.2, 0.25) is 0 Å². The maximum atomic E-state index is 13.0. The first kappa shape index (κ1) is 12.4. The Labute approximate surface area is 119 Å². The van der Waals surface area contributed by atoms with Gasteiger partial charge in [0.1, 0.15) is 5.82 Å². The van der Waals surface area contributed by atoms with E-state index in [1.54, 1.807) is 6.07 Å². The van der Waals surface area contributed by atoms with Gasteiger partial charge in [-0.05, 0) is 78.3 Å². The molecule has 1 N–H and O–H groups in total. The van der Waals surface area contributed by atoms with Gasteiger partial charge in [-0.25, -0.2) is 4.39 Å². The number of hydrogen-bond acceptors (Lipinski definition) is 1. The van der Waals surface area contributed by atoms with E-state index in [9.17, 15) is 9.18 Å². The van der Waals surface area contributed by atoms with Gasteiger partial charge in [-0.2, -0.15) is 0 Å². The molecule has 2 nitrogen and oxygen atoms in total. The number of nitrogens with one attached hydrogen (secondary N) is 1. The van der Waals surface area contributed by atoms with E-state index in [4.69, 9.17) is 0 Å². The summed E-state index contributed by atoms with van der Waals surface area (Å²) in [4.78, 5) is 12.2. The highest BCUT2D eigenvalue weighted by atomic mass is 127. The molecule has 96 valence electrons. The molecule has 0 radical (unpaired) electrons. The standard InChI is InChI=1S/C14H15FINO/c15-10-5-6-11(12(16)7-10)14(18)17-13(8-1-2-8)9-3-4-9/h5-9,13H,1-4H2,(H,17,18). The maximum absolute atomic E-state index is 13.0. The zero-order valence-corrected chi connectivity index (χ0v) is 12.1. The van der Waals surface area contributed by atoms with E-state index in [-0.39, 0.29) is 11.7 Å². The van der Waals surface area contributed by atoms with Crippen molar-refractivity contribution in [3.63, 3.8) is 0 Å². The van der Waals surface area contributed by atoms with Crippen molar-refractivity contribution >= 4 is 28.5 Å². The lowest BCUT2D eigenvalue weighted by atomic mass is 10.1. The van der Waals surface area contributed by atoms with Gasteiger partial charge in [-0.1, -0.05) is 0 Å². The quantitative estimate of drug-likeness (QED) is 0.821. The Kier molecular flexibility index (Phi) is 3.30. The minimum Gasteiger partial charge on any atom is -0.349 e. The Bertz CT molecular complexity index is 471. The molecule has 2 aliphatic rings. The Morgan fingerprint density at radius 1 is 1.28 bits per heavy atom. The van der Waals surface area contributed by atoms with Crippen LogP contribution in [0.4, 0.5) is 4.39 Å². The normalized spacial score (nSPS) is 19.1. The van der Waals surface area contributed by atoms with Crippen LogP contribution in [0.1, 0.15) is 36.0 Å². The minimum atomic E-state index is -0.295. The zero-order chi connectivity index (χ0) is 12.7. The van der Waals surface area contributed by atoms with Crippen LogP contribution in [-0.2, 0) is 0 Å². The van der Waals surface area contributed by atoms with Crippen molar-refractivity contribution in [2.75, 3.05) is 0 Å². The largest absolute Gasteiger partial charge is 0.349 e. The summed E-state index contributed by atoms with van der Waals surface area (Å²) in [5.74, 6) is 1.01. The Morgan fingerprint density at radius 2 is 1.89 bits per heavy atom. The molecule has 1 aromatic carbocycles. The topological polar surface area (TPSA) is 29.1 Å². The molecule has 0 saturated heterocycles. The van der Waals surface area contributed by atoms with Crippen LogP contribution in [0.25, 0.3) is 0 Å². The van der Waals surface area contributed by atoms with Gasteiger partial charge in [-0.3, -0.25) is 4.79 Å². The second-order valence-electron chi connectivity index (χ2n) is 5.30. The van der Waals surface area contributed by atoms with Crippen LogP contribution in [0.2, 0.25) is 0 Å². The lowest BCUT2D eigenvalue weighted by molar-refractivity contribution is 0.0925. The fraction of sp³-hybridized carbons (Fsp3) is 0.500. The van der Waals surface area contributed by atoms with Crippen LogP contribution in [0.15, 0.2) is 18.2 Å². The average Bonchev–Trinajstić information content (AvgIpc) is 3.17. The van der Waals surface area contributed by atoms with Crippen molar-refractivity contribution in [1.82, 2.24) is 5.32 Å². The molecule has 0 spiro atoms. The molecule has 2 saturated carbocycles. The number of carbonyl (C=O) groups excluding carboxylic acids is 1. The van der Waals surface area contributed by atoms with E-state index < -0.39 is 0 Å². The molecule has 0 aliphatic heterocycles. The summed E-state index contributed by atoms with van der Waals surface area (Å²) in [7, 11) is 0. The number of hydrogen-bond donors (Lipinski definition) is 1. The molecule has 2 aliphatic carbocycles. The SMILES string of the molecule is O=C(NC(C1CC1)C1CC1)c1ccc(F)cc1I. The van der Waals surface area contributed by atoms with Gasteiger partial charge in [0, 0.05) is 9.61 Å². The van der Waals surface area contributed by atoms with Crippen LogP contribution in [0, 0.1) is 21.2 Å². The van der Waals surface area contributed by atoms with Gasteiger partial charge in [0.25, 0.3) is 5.91 Å².